The molecule has 0 amide bonds. The number of aliphatic hydroxyl groups excluding tert-OH is 2. The van der Waals surface area contributed by atoms with Gasteiger partial charge in [-0.15, -0.1) is 0 Å². The Morgan fingerprint density at radius 1 is 0.923 bits per heavy atom. The molecule has 1 unspecified atom stereocenters. The quantitative estimate of drug-likeness (QED) is 0.574. The van der Waals surface area contributed by atoms with E-state index in [0.29, 0.717) is 18.6 Å². The summed E-state index contributed by atoms with van der Waals surface area (Å²) in [5.74, 6) is 0. The van der Waals surface area contributed by atoms with E-state index in [1.165, 1.54) is 12.8 Å². The van der Waals surface area contributed by atoms with Crippen LogP contribution >= 0.6 is 0 Å². The van der Waals surface area contributed by atoms with Crippen molar-refractivity contribution < 1.29 is 10.2 Å². The van der Waals surface area contributed by atoms with Crippen molar-refractivity contribution in [1.29, 1.82) is 0 Å². The number of rotatable bonds is 8. The summed E-state index contributed by atoms with van der Waals surface area (Å²) in [5, 5.41) is 17.4. The van der Waals surface area contributed by atoms with Gasteiger partial charge in [-0.3, -0.25) is 0 Å². The lowest BCUT2D eigenvalue weighted by atomic mass is 9.78. The zero-order chi connectivity index (χ0) is 10.2. The highest BCUT2D eigenvalue weighted by Crippen LogP contribution is 2.32. The van der Waals surface area contributed by atoms with Crippen molar-refractivity contribution in [2.45, 2.75) is 52.4 Å². The molecule has 0 aliphatic carbocycles. The van der Waals surface area contributed by atoms with Gasteiger partial charge in [0.2, 0.25) is 0 Å². The van der Waals surface area contributed by atoms with E-state index in [-0.39, 0.29) is 0 Å². The monoisotopic (exact) mass is 188 g/mol. The van der Waals surface area contributed by atoms with Crippen molar-refractivity contribution in [2.24, 2.45) is 5.41 Å². The summed E-state index contributed by atoms with van der Waals surface area (Å²) in [5.41, 5.74) is 0.373. The van der Waals surface area contributed by atoms with Gasteiger partial charge in [-0.2, -0.15) is 0 Å². The van der Waals surface area contributed by atoms with Crippen LogP contribution in [-0.4, -0.2) is 23.4 Å². The highest BCUT2D eigenvalue weighted by Gasteiger charge is 2.20. The minimum atomic E-state index is 0.301. The van der Waals surface area contributed by atoms with Crippen molar-refractivity contribution in [1.82, 2.24) is 0 Å². The first kappa shape index (κ1) is 12.9. The van der Waals surface area contributed by atoms with Crippen molar-refractivity contribution in [3.63, 3.8) is 0 Å². The van der Waals surface area contributed by atoms with E-state index in [4.69, 9.17) is 10.2 Å². The standard InChI is InChI=1S/C11H24O2/c1-3-11(2,8-6-10-13)7-4-5-9-12/h12-13H,3-10H2,1-2H3. The van der Waals surface area contributed by atoms with Gasteiger partial charge in [-0.05, 0) is 31.1 Å². The van der Waals surface area contributed by atoms with Gasteiger partial charge in [-0.25, -0.2) is 0 Å². The Balaban J connectivity index is 3.67. The fourth-order valence-corrected chi connectivity index (χ4v) is 1.65. The van der Waals surface area contributed by atoms with Gasteiger partial charge < -0.3 is 10.2 Å². The normalized spacial score (nSPS) is 15.7. The van der Waals surface area contributed by atoms with E-state index >= 15 is 0 Å². The van der Waals surface area contributed by atoms with Crippen molar-refractivity contribution in [3.8, 4) is 0 Å². The van der Waals surface area contributed by atoms with Gasteiger partial charge in [0.05, 0.1) is 0 Å². The molecule has 13 heavy (non-hydrogen) atoms. The molecule has 0 bridgehead atoms. The average Bonchev–Trinajstić information content (AvgIpc) is 2.15. The van der Waals surface area contributed by atoms with Gasteiger partial charge in [0, 0.05) is 13.2 Å². The van der Waals surface area contributed by atoms with Crippen LogP contribution in [0.15, 0.2) is 0 Å². The maximum absolute atomic E-state index is 8.76. The summed E-state index contributed by atoms with van der Waals surface area (Å²) in [6.45, 7) is 5.09. The van der Waals surface area contributed by atoms with E-state index in [1.54, 1.807) is 0 Å². The number of hydrogen-bond acceptors (Lipinski definition) is 2. The minimum absolute atomic E-state index is 0.301. The molecule has 0 fully saturated rings. The van der Waals surface area contributed by atoms with Crippen molar-refractivity contribution in [2.75, 3.05) is 13.2 Å². The molecule has 0 aromatic rings. The minimum Gasteiger partial charge on any atom is -0.396 e. The van der Waals surface area contributed by atoms with Gasteiger partial charge in [-0.1, -0.05) is 26.7 Å². The summed E-state index contributed by atoms with van der Waals surface area (Å²) in [6.07, 6.45) is 6.36. The van der Waals surface area contributed by atoms with Crippen LogP contribution in [0, 0.1) is 5.41 Å². The number of hydrogen-bond donors (Lipinski definition) is 2. The van der Waals surface area contributed by atoms with Crippen LogP contribution in [0.2, 0.25) is 0 Å². The molecular weight excluding hydrogens is 164 g/mol. The second-order valence-corrected chi connectivity index (χ2v) is 4.17. The smallest absolute Gasteiger partial charge is 0.0431 e. The molecule has 0 aliphatic rings. The predicted octanol–water partition coefficient (Wildman–Crippen LogP) is 2.34. The Morgan fingerprint density at radius 3 is 1.92 bits per heavy atom. The summed E-state index contributed by atoms with van der Waals surface area (Å²) in [7, 11) is 0. The Morgan fingerprint density at radius 2 is 1.46 bits per heavy atom. The average molecular weight is 188 g/mol. The molecule has 2 N–H and O–H groups in total. The second kappa shape index (κ2) is 7.34. The molecule has 0 spiro atoms. The zero-order valence-electron chi connectivity index (χ0n) is 9.05. The van der Waals surface area contributed by atoms with Crippen molar-refractivity contribution in [3.05, 3.63) is 0 Å². The van der Waals surface area contributed by atoms with E-state index in [0.717, 1.165) is 25.7 Å². The van der Waals surface area contributed by atoms with Crippen LogP contribution in [0.3, 0.4) is 0 Å². The first-order valence-corrected chi connectivity index (χ1v) is 5.40. The molecule has 0 aromatic heterocycles. The van der Waals surface area contributed by atoms with Crippen LogP contribution in [0.4, 0.5) is 0 Å². The molecule has 0 rings (SSSR count). The molecule has 0 saturated carbocycles. The zero-order valence-corrected chi connectivity index (χ0v) is 9.05. The summed E-state index contributed by atoms with van der Waals surface area (Å²) in [4.78, 5) is 0. The van der Waals surface area contributed by atoms with Gasteiger partial charge >= 0.3 is 0 Å². The summed E-state index contributed by atoms with van der Waals surface area (Å²) < 4.78 is 0. The highest BCUT2D eigenvalue weighted by molar-refractivity contribution is 4.72. The molecule has 0 saturated heterocycles. The van der Waals surface area contributed by atoms with Crippen LogP contribution in [0.1, 0.15) is 52.4 Å². The van der Waals surface area contributed by atoms with E-state index in [1.807, 2.05) is 0 Å². The molecule has 1 atom stereocenters. The van der Waals surface area contributed by atoms with Crippen LogP contribution < -0.4 is 0 Å². The lowest BCUT2D eigenvalue weighted by Crippen LogP contribution is -2.15. The maximum Gasteiger partial charge on any atom is 0.0431 e. The molecule has 0 aromatic carbocycles. The van der Waals surface area contributed by atoms with E-state index in [9.17, 15) is 0 Å². The van der Waals surface area contributed by atoms with Gasteiger partial charge in [0.1, 0.15) is 0 Å². The molecule has 2 nitrogen and oxygen atoms in total. The third kappa shape index (κ3) is 6.05. The Kier molecular flexibility index (Phi) is 7.29. The Hall–Kier alpha value is -0.0800. The van der Waals surface area contributed by atoms with Gasteiger partial charge in [0.15, 0.2) is 0 Å². The Labute approximate surface area is 82.0 Å². The summed E-state index contributed by atoms with van der Waals surface area (Å²) in [6, 6.07) is 0. The van der Waals surface area contributed by atoms with E-state index in [2.05, 4.69) is 13.8 Å². The number of unbranched alkanes of at least 4 members (excludes halogenated alkanes) is 1. The molecule has 80 valence electrons. The maximum atomic E-state index is 8.76. The number of aliphatic hydroxyl groups is 2. The first-order chi connectivity index (χ1) is 6.18. The van der Waals surface area contributed by atoms with Crippen LogP contribution in [0.25, 0.3) is 0 Å². The topological polar surface area (TPSA) is 40.5 Å². The second-order valence-electron chi connectivity index (χ2n) is 4.17. The van der Waals surface area contributed by atoms with Crippen LogP contribution in [-0.2, 0) is 0 Å². The highest BCUT2D eigenvalue weighted by atomic mass is 16.3. The molecule has 0 aliphatic heterocycles. The first-order valence-electron chi connectivity index (χ1n) is 5.40. The SMILES string of the molecule is CCC(C)(CCCO)CCCCO. The van der Waals surface area contributed by atoms with Crippen LogP contribution in [0.5, 0.6) is 0 Å². The lowest BCUT2D eigenvalue weighted by molar-refractivity contribution is 0.198. The van der Waals surface area contributed by atoms with Crippen molar-refractivity contribution >= 4 is 0 Å². The lowest BCUT2D eigenvalue weighted by Gasteiger charge is -2.28. The molecular formula is C11H24O2. The third-order valence-corrected chi connectivity index (χ3v) is 2.98. The fourth-order valence-electron chi connectivity index (χ4n) is 1.65. The Bertz CT molecular complexity index is 115. The fraction of sp³-hybridized carbons (Fsp3) is 1.00. The predicted molar refractivity (Wildman–Crippen MR) is 55.7 cm³/mol. The molecule has 0 radical (unpaired) electrons. The largest absolute Gasteiger partial charge is 0.396 e. The summed E-state index contributed by atoms with van der Waals surface area (Å²) >= 11 is 0. The third-order valence-electron chi connectivity index (χ3n) is 2.98. The molecule has 0 heterocycles. The molecule has 2 heteroatoms. The van der Waals surface area contributed by atoms with Gasteiger partial charge in [0.25, 0.3) is 0 Å². The van der Waals surface area contributed by atoms with E-state index < -0.39 is 0 Å².